The molecular weight excluding hydrogens is 136 g/mol. The molecule has 0 aromatic carbocycles. The van der Waals surface area contributed by atoms with Crippen LogP contribution in [0, 0.1) is 5.41 Å². The normalized spacial score (nSPS) is 13.6. The molecule has 0 rings (SSSR count). The molecular formula is C9H22N2. The Morgan fingerprint density at radius 3 is 1.18 bits per heavy atom. The van der Waals surface area contributed by atoms with Gasteiger partial charge in [0.2, 0.25) is 0 Å². The molecule has 0 heterocycles. The van der Waals surface area contributed by atoms with Gasteiger partial charge in [0.15, 0.2) is 0 Å². The number of rotatable bonds is 4. The standard InChI is InChI=1S/C9H22N2/c1-5-9(6-2,7-3)8(4,10)11/h5-7,10-11H2,1-4H3. The first-order chi connectivity index (χ1) is 4.93. The smallest absolute Gasteiger partial charge is 0.0665 e. The minimum Gasteiger partial charge on any atom is -0.313 e. The molecule has 0 aromatic rings. The predicted octanol–water partition coefficient (Wildman–Crippen LogP) is 1.84. The Balaban J connectivity index is 4.54. The van der Waals surface area contributed by atoms with E-state index in [4.69, 9.17) is 11.5 Å². The van der Waals surface area contributed by atoms with Crippen molar-refractivity contribution in [3.63, 3.8) is 0 Å². The van der Waals surface area contributed by atoms with Crippen molar-refractivity contribution in [1.82, 2.24) is 0 Å². The zero-order chi connectivity index (χ0) is 9.12. The second kappa shape index (κ2) is 3.55. The van der Waals surface area contributed by atoms with Gasteiger partial charge in [-0.25, -0.2) is 0 Å². The molecule has 0 fully saturated rings. The fourth-order valence-electron chi connectivity index (χ4n) is 1.89. The molecule has 0 saturated carbocycles. The Labute approximate surface area is 70.3 Å². The van der Waals surface area contributed by atoms with E-state index in [1.165, 1.54) is 0 Å². The van der Waals surface area contributed by atoms with E-state index in [0.29, 0.717) is 0 Å². The van der Waals surface area contributed by atoms with Crippen molar-refractivity contribution in [2.75, 3.05) is 0 Å². The zero-order valence-corrected chi connectivity index (χ0v) is 8.28. The summed E-state index contributed by atoms with van der Waals surface area (Å²) in [6.07, 6.45) is 3.18. The van der Waals surface area contributed by atoms with E-state index in [1.807, 2.05) is 6.92 Å². The highest BCUT2D eigenvalue weighted by atomic mass is 15.0. The lowest BCUT2D eigenvalue weighted by Gasteiger charge is -2.42. The Morgan fingerprint density at radius 2 is 1.18 bits per heavy atom. The van der Waals surface area contributed by atoms with Gasteiger partial charge >= 0.3 is 0 Å². The Morgan fingerprint density at radius 1 is 0.909 bits per heavy atom. The van der Waals surface area contributed by atoms with Gasteiger partial charge in [-0.2, -0.15) is 0 Å². The predicted molar refractivity (Wildman–Crippen MR) is 50.1 cm³/mol. The van der Waals surface area contributed by atoms with Crippen molar-refractivity contribution in [2.45, 2.75) is 52.6 Å². The summed E-state index contributed by atoms with van der Waals surface area (Å²) in [6, 6.07) is 0. The summed E-state index contributed by atoms with van der Waals surface area (Å²) in [4.78, 5) is 0. The number of hydrogen-bond donors (Lipinski definition) is 2. The van der Waals surface area contributed by atoms with Gasteiger partial charge in [-0.3, -0.25) is 0 Å². The van der Waals surface area contributed by atoms with Crippen molar-refractivity contribution in [3.8, 4) is 0 Å². The lowest BCUT2D eigenvalue weighted by molar-refractivity contribution is 0.118. The van der Waals surface area contributed by atoms with Gasteiger partial charge in [-0.15, -0.1) is 0 Å². The van der Waals surface area contributed by atoms with Gasteiger partial charge < -0.3 is 11.5 Å². The molecule has 0 radical (unpaired) electrons. The van der Waals surface area contributed by atoms with Crippen LogP contribution in [0.1, 0.15) is 47.0 Å². The summed E-state index contributed by atoms with van der Waals surface area (Å²) in [6.45, 7) is 8.39. The van der Waals surface area contributed by atoms with E-state index in [0.717, 1.165) is 19.3 Å². The summed E-state index contributed by atoms with van der Waals surface area (Å²) < 4.78 is 0. The minimum atomic E-state index is -0.536. The first-order valence-electron chi connectivity index (χ1n) is 4.51. The van der Waals surface area contributed by atoms with Crippen LogP contribution in [0.15, 0.2) is 0 Å². The summed E-state index contributed by atoms with van der Waals surface area (Å²) in [7, 11) is 0. The van der Waals surface area contributed by atoms with Crippen LogP contribution in [0.2, 0.25) is 0 Å². The minimum absolute atomic E-state index is 0.118. The highest BCUT2D eigenvalue weighted by molar-refractivity contribution is 4.92. The zero-order valence-electron chi connectivity index (χ0n) is 8.28. The molecule has 0 atom stereocenters. The number of nitrogens with two attached hydrogens (primary N) is 2. The Hall–Kier alpha value is -0.0800. The largest absolute Gasteiger partial charge is 0.313 e. The van der Waals surface area contributed by atoms with Crippen LogP contribution in [0.3, 0.4) is 0 Å². The molecule has 4 N–H and O–H groups in total. The third-order valence-electron chi connectivity index (χ3n) is 3.17. The topological polar surface area (TPSA) is 52.0 Å². The highest BCUT2D eigenvalue weighted by Crippen LogP contribution is 2.36. The molecule has 11 heavy (non-hydrogen) atoms. The Bertz CT molecular complexity index is 101. The van der Waals surface area contributed by atoms with Gasteiger partial charge in [0, 0.05) is 5.41 Å². The van der Waals surface area contributed by atoms with E-state index >= 15 is 0 Å². The van der Waals surface area contributed by atoms with Crippen molar-refractivity contribution in [3.05, 3.63) is 0 Å². The fraction of sp³-hybridized carbons (Fsp3) is 1.00. The van der Waals surface area contributed by atoms with Gasteiger partial charge in [0.05, 0.1) is 5.66 Å². The molecule has 0 aliphatic rings. The van der Waals surface area contributed by atoms with E-state index in [2.05, 4.69) is 20.8 Å². The average molecular weight is 158 g/mol. The van der Waals surface area contributed by atoms with Gasteiger partial charge in [0.1, 0.15) is 0 Å². The molecule has 0 aromatic heterocycles. The maximum atomic E-state index is 5.92. The summed E-state index contributed by atoms with van der Waals surface area (Å²) in [5.41, 5.74) is 11.4. The Kier molecular flexibility index (Phi) is 3.52. The van der Waals surface area contributed by atoms with Crippen molar-refractivity contribution in [2.24, 2.45) is 16.9 Å². The van der Waals surface area contributed by atoms with Crippen LogP contribution in [0.25, 0.3) is 0 Å². The monoisotopic (exact) mass is 158 g/mol. The quantitative estimate of drug-likeness (QED) is 0.613. The van der Waals surface area contributed by atoms with Gasteiger partial charge in [-0.1, -0.05) is 20.8 Å². The maximum Gasteiger partial charge on any atom is 0.0665 e. The van der Waals surface area contributed by atoms with E-state index in [-0.39, 0.29) is 5.41 Å². The third kappa shape index (κ3) is 1.94. The lowest BCUT2D eigenvalue weighted by Crippen LogP contribution is -2.59. The van der Waals surface area contributed by atoms with E-state index in [1.54, 1.807) is 0 Å². The fourth-order valence-corrected chi connectivity index (χ4v) is 1.89. The molecule has 0 aliphatic heterocycles. The van der Waals surface area contributed by atoms with Crippen LogP contribution in [0.5, 0.6) is 0 Å². The first-order valence-corrected chi connectivity index (χ1v) is 4.51. The molecule has 0 bridgehead atoms. The van der Waals surface area contributed by atoms with Crippen LogP contribution in [-0.4, -0.2) is 5.66 Å². The molecule has 0 aliphatic carbocycles. The molecule has 0 unspecified atom stereocenters. The molecule has 0 saturated heterocycles. The van der Waals surface area contributed by atoms with Crippen LogP contribution in [-0.2, 0) is 0 Å². The molecule has 0 amide bonds. The average Bonchev–Trinajstić information content (AvgIpc) is 1.90. The summed E-state index contributed by atoms with van der Waals surface area (Å²) in [5.74, 6) is 0. The van der Waals surface area contributed by atoms with Crippen LogP contribution < -0.4 is 11.5 Å². The maximum absolute atomic E-state index is 5.92. The summed E-state index contributed by atoms with van der Waals surface area (Å²) in [5, 5.41) is 0. The van der Waals surface area contributed by atoms with Crippen molar-refractivity contribution >= 4 is 0 Å². The van der Waals surface area contributed by atoms with Crippen LogP contribution in [0.4, 0.5) is 0 Å². The summed E-state index contributed by atoms with van der Waals surface area (Å²) >= 11 is 0. The van der Waals surface area contributed by atoms with Gasteiger partial charge in [-0.05, 0) is 26.2 Å². The molecule has 68 valence electrons. The SMILES string of the molecule is CCC(CC)(CC)C(C)(N)N. The molecule has 2 heteroatoms. The first kappa shape index (κ1) is 10.9. The van der Waals surface area contributed by atoms with Crippen molar-refractivity contribution < 1.29 is 0 Å². The van der Waals surface area contributed by atoms with Crippen molar-refractivity contribution in [1.29, 1.82) is 0 Å². The second-order valence-corrected chi connectivity index (χ2v) is 3.62. The van der Waals surface area contributed by atoms with E-state index < -0.39 is 5.66 Å². The third-order valence-corrected chi connectivity index (χ3v) is 3.17. The lowest BCUT2D eigenvalue weighted by atomic mass is 9.70. The van der Waals surface area contributed by atoms with Gasteiger partial charge in [0.25, 0.3) is 0 Å². The van der Waals surface area contributed by atoms with E-state index in [9.17, 15) is 0 Å². The number of hydrogen-bond acceptors (Lipinski definition) is 2. The van der Waals surface area contributed by atoms with Crippen LogP contribution >= 0.6 is 0 Å². The molecule has 2 nitrogen and oxygen atoms in total. The second-order valence-electron chi connectivity index (χ2n) is 3.62. The highest BCUT2D eigenvalue weighted by Gasteiger charge is 2.38. The molecule has 0 spiro atoms.